The molecule has 2 rings (SSSR count). The Kier molecular flexibility index (Phi) is 4.62. The standard InChI is InChI=1S/C14H18BrN3/c1-2-18-7-5-13(6-8-18)17-14-9-12(15)4-3-11(14)10-16/h3-4,9,13,17H,2,5-8H2,1H3. The summed E-state index contributed by atoms with van der Waals surface area (Å²) in [6.07, 6.45) is 2.29. The zero-order valence-corrected chi connectivity index (χ0v) is 12.2. The van der Waals surface area contributed by atoms with Crippen LogP contribution in [0.3, 0.4) is 0 Å². The number of anilines is 1. The SMILES string of the molecule is CCN1CCC(Nc2cc(Br)ccc2C#N)CC1. The lowest BCUT2D eigenvalue weighted by Crippen LogP contribution is -2.38. The number of piperidine rings is 1. The summed E-state index contributed by atoms with van der Waals surface area (Å²) in [7, 11) is 0. The predicted octanol–water partition coefficient (Wildman–Crippen LogP) is 3.22. The molecule has 0 saturated carbocycles. The summed E-state index contributed by atoms with van der Waals surface area (Å²) in [5.41, 5.74) is 1.66. The fourth-order valence-corrected chi connectivity index (χ4v) is 2.71. The van der Waals surface area contributed by atoms with Gasteiger partial charge in [0.1, 0.15) is 6.07 Å². The van der Waals surface area contributed by atoms with E-state index in [-0.39, 0.29) is 0 Å². The molecule has 0 atom stereocenters. The van der Waals surface area contributed by atoms with Gasteiger partial charge in [0.15, 0.2) is 0 Å². The molecule has 18 heavy (non-hydrogen) atoms. The Morgan fingerprint density at radius 2 is 2.17 bits per heavy atom. The zero-order chi connectivity index (χ0) is 13.0. The number of hydrogen-bond donors (Lipinski definition) is 1. The van der Waals surface area contributed by atoms with Crippen LogP contribution in [0.5, 0.6) is 0 Å². The summed E-state index contributed by atoms with van der Waals surface area (Å²) >= 11 is 3.45. The van der Waals surface area contributed by atoms with Gasteiger partial charge in [-0.05, 0) is 37.6 Å². The van der Waals surface area contributed by atoms with E-state index in [0.717, 1.165) is 48.2 Å². The van der Waals surface area contributed by atoms with Crippen LogP contribution in [0, 0.1) is 11.3 Å². The number of nitrogens with zero attached hydrogens (tertiary/aromatic N) is 2. The lowest BCUT2D eigenvalue weighted by atomic mass is 10.0. The van der Waals surface area contributed by atoms with Gasteiger partial charge in [-0.25, -0.2) is 0 Å². The molecule has 4 heteroatoms. The fourth-order valence-electron chi connectivity index (χ4n) is 2.35. The topological polar surface area (TPSA) is 39.1 Å². The molecule has 0 radical (unpaired) electrons. The third-order valence-electron chi connectivity index (χ3n) is 3.50. The average molecular weight is 308 g/mol. The molecule has 1 heterocycles. The highest BCUT2D eigenvalue weighted by molar-refractivity contribution is 9.10. The van der Waals surface area contributed by atoms with E-state index in [9.17, 15) is 0 Å². The molecule has 1 N–H and O–H groups in total. The van der Waals surface area contributed by atoms with E-state index < -0.39 is 0 Å². The molecule has 0 aliphatic carbocycles. The van der Waals surface area contributed by atoms with Crippen molar-refractivity contribution in [2.45, 2.75) is 25.8 Å². The Balaban J connectivity index is 2.02. The summed E-state index contributed by atoms with van der Waals surface area (Å²) in [6.45, 7) is 5.62. The number of nitrogens with one attached hydrogen (secondary N) is 1. The van der Waals surface area contributed by atoms with Crippen molar-refractivity contribution in [2.75, 3.05) is 25.0 Å². The maximum Gasteiger partial charge on any atom is 0.101 e. The van der Waals surface area contributed by atoms with Crippen LogP contribution in [0.25, 0.3) is 0 Å². The van der Waals surface area contributed by atoms with Gasteiger partial charge in [-0.3, -0.25) is 0 Å². The van der Waals surface area contributed by atoms with Crippen LogP contribution in [-0.2, 0) is 0 Å². The van der Waals surface area contributed by atoms with E-state index >= 15 is 0 Å². The predicted molar refractivity (Wildman–Crippen MR) is 77.6 cm³/mol. The number of halogens is 1. The maximum atomic E-state index is 9.11. The molecule has 1 fully saturated rings. The van der Waals surface area contributed by atoms with Crippen molar-refractivity contribution in [1.82, 2.24) is 4.90 Å². The monoisotopic (exact) mass is 307 g/mol. The number of hydrogen-bond acceptors (Lipinski definition) is 3. The number of likely N-dealkylation sites (tertiary alicyclic amines) is 1. The molecular weight excluding hydrogens is 290 g/mol. The quantitative estimate of drug-likeness (QED) is 0.932. The van der Waals surface area contributed by atoms with Crippen molar-refractivity contribution >= 4 is 21.6 Å². The highest BCUT2D eigenvalue weighted by Gasteiger charge is 2.18. The third kappa shape index (κ3) is 3.24. The highest BCUT2D eigenvalue weighted by atomic mass is 79.9. The molecule has 1 saturated heterocycles. The minimum Gasteiger partial charge on any atom is -0.381 e. The molecule has 1 aromatic rings. The van der Waals surface area contributed by atoms with E-state index in [0.29, 0.717) is 6.04 Å². The molecule has 0 spiro atoms. The molecule has 1 aromatic carbocycles. The van der Waals surface area contributed by atoms with E-state index in [4.69, 9.17) is 5.26 Å². The minimum atomic E-state index is 0.481. The first-order valence-electron chi connectivity index (χ1n) is 6.41. The van der Waals surface area contributed by atoms with Gasteiger partial charge in [0.05, 0.1) is 11.3 Å². The first kappa shape index (κ1) is 13.4. The minimum absolute atomic E-state index is 0.481. The Bertz CT molecular complexity index is 445. The van der Waals surface area contributed by atoms with Crippen LogP contribution in [0.15, 0.2) is 22.7 Å². The maximum absolute atomic E-state index is 9.11. The molecule has 0 amide bonds. The smallest absolute Gasteiger partial charge is 0.101 e. The fraction of sp³-hybridized carbons (Fsp3) is 0.500. The molecule has 0 bridgehead atoms. The normalized spacial score (nSPS) is 17.4. The number of rotatable bonds is 3. The Morgan fingerprint density at radius 1 is 1.44 bits per heavy atom. The summed E-state index contributed by atoms with van der Waals surface area (Å²) in [5.74, 6) is 0. The zero-order valence-electron chi connectivity index (χ0n) is 10.6. The number of nitriles is 1. The molecule has 0 unspecified atom stereocenters. The van der Waals surface area contributed by atoms with Crippen molar-refractivity contribution in [3.05, 3.63) is 28.2 Å². The van der Waals surface area contributed by atoms with Crippen molar-refractivity contribution in [2.24, 2.45) is 0 Å². The Morgan fingerprint density at radius 3 is 2.78 bits per heavy atom. The molecule has 3 nitrogen and oxygen atoms in total. The van der Waals surface area contributed by atoms with E-state index in [1.165, 1.54) is 0 Å². The largest absolute Gasteiger partial charge is 0.381 e. The molecule has 1 aliphatic rings. The Hall–Kier alpha value is -1.05. The van der Waals surface area contributed by atoms with Crippen molar-refractivity contribution in [3.8, 4) is 6.07 Å². The third-order valence-corrected chi connectivity index (χ3v) is 3.99. The van der Waals surface area contributed by atoms with Gasteiger partial charge in [0, 0.05) is 23.6 Å². The number of benzene rings is 1. The molecule has 1 aliphatic heterocycles. The van der Waals surface area contributed by atoms with Crippen LogP contribution < -0.4 is 5.32 Å². The van der Waals surface area contributed by atoms with Crippen molar-refractivity contribution < 1.29 is 0 Å². The highest BCUT2D eigenvalue weighted by Crippen LogP contribution is 2.23. The lowest BCUT2D eigenvalue weighted by Gasteiger charge is -2.32. The van der Waals surface area contributed by atoms with Gasteiger partial charge < -0.3 is 10.2 Å². The van der Waals surface area contributed by atoms with Crippen LogP contribution in [0.1, 0.15) is 25.3 Å². The summed E-state index contributed by atoms with van der Waals surface area (Å²) in [6, 6.07) is 8.47. The van der Waals surface area contributed by atoms with Gasteiger partial charge in [0.25, 0.3) is 0 Å². The first-order valence-corrected chi connectivity index (χ1v) is 7.20. The van der Waals surface area contributed by atoms with Gasteiger partial charge >= 0.3 is 0 Å². The van der Waals surface area contributed by atoms with Crippen molar-refractivity contribution in [3.63, 3.8) is 0 Å². The Labute approximate surface area is 117 Å². The van der Waals surface area contributed by atoms with E-state index in [1.54, 1.807) is 0 Å². The van der Waals surface area contributed by atoms with Crippen LogP contribution in [-0.4, -0.2) is 30.6 Å². The second-order valence-corrected chi connectivity index (χ2v) is 5.57. The molecular formula is C14H18BrN3. The summed E-state index contributed by atoms with van der Waals surface area (Å²) < 4.78 is 1.01. The average Bonchev–Trinajstić information content (AvgIpc) is 2.40. The van der Waals surface area contributed by atoms with Crippen LogP contribution in [0.4, 0.5) is 5.69 Å². The van der Waals surface area contributed by atoms with E-state index in [2.05, 4.69) is 39.1 Å². The van der Waals surface area contributed by atoms with Crippen molar-refractivity contribution in [1.29, 1.82) is 5.26 Å². The van der Waals surface area contributed by atoms with Crippen LogP contribution in [0.2, 0.25) is 0 Å². The van der Waals surface area contributed by atoms with Gasteiger partial charge in [-0.2, -0.15) is 5.26 Å². The summed E-state index contributed by atoms with van der Waals surface area (Å²) in [5, 5.41) is 12.6. The second kappa shape index (κ2) is 6.21. The van der Waals surface area contributed by atoms with Gasteiger partial charge in [-0.1, -0.05) is 22.9 Å². The van der Waals surface area contributed by atoms with E-state index in [1.807, 2.05) is 18.2 Å². The summed E-state index contributed by atoms with van der Waals surface area (Å²) in [4.78, 5) is 2.46. The van der Waals surface area contributed by atoms with Gasteiger partial charge in [0.2, 0.25) is 0 Å². The molecule has 0 aromatic heterocycles. The second-order valence-electron chi connectivity index (χ2n) is 4.65. The van der Waals surface area contributed by atoms with Gasteiger partial charge in [-0.15, -0.1) is 0 Å². The first-order chi connectivity index (χ1) is 8.72. The van der Waals surface area contributed by atoms with Crippen LogP contribution >= 0.6 is 15.9 Å². The lowest BCUT2D eigenvalue weighted by molar-refractivity contribution is 0.229. The molecule has 96 valence electrons.